The van der Waals surface area contributed by atoms with E-state index >= 15 is 0 Å². The van der Waals surface area contributed by atoms with Crippen molar-refractivity contribution >= 4 is 17.9 Å². The Labute approximate surface area is 316 Å². The summed E-state index contributed by atoms with van der Waals surface area (Å²) in [7, 11) is 4.03. The molecule has 0 rings (SSSR count). The maximum absolute atomic E-state index is 12.7. The van der Waals surface area contributed by atoms with Gasteiger partial charge in [0.25, 0.3) is 0 Å². The fourth-order valence-corrected chi connectivity index (χ4v) is 6.72. The van der Waals surface area contributed by atoms with Crippen molar-refractivity contribution in [2.75, 3.05) is 20.6 Å². The van der Waals surface area contributed by atoms with Crippen LogP contribution in [0.3, 0.4) is 0 Å². The summed E-state index contributed by atoms with van der Waals surface area (Å²) in [5.74, 6) is -0.239. The average molecular weight is 724 g/mol. The summed E-state index contributed by atoms with van der Waals surface area (Å²) in [5.41, 5.74) is 0. The highest BCUT2D eigenvalue weighted by atomic mass is 16.6. The molecule has 2 unspecified atom stereocenters. The maximum Gasteiger partial charge on any atom is 0.306 e. The van der Waals surface area contributed by atoms with Gasteiger partial charge in [-0.25, -0.2) is 0 Å². The normalized spacial score (nSPS) is 12.7. The number of nitrogens with zero attached hydrogens (tertiary/aromatic N) is 1. The van der Waals surface area contributed by atoms with E-state index in [-0.39, 0.29) is 36.2 Å². The molecule has 0 radical (unpaired) electrons. The van der Waals surface area contributed by atoms with Crippen molar-refractivity contribution in [1.82, 2.24) is 4.90 Å². The van der Waals surface area contributed by atoms with Gasteiger partial charge in [0.05, 0.1) is 0 Å². The number of unbranched alkanes of at least 4 members (excludes halogenated alkanes) is 15. The van der Waals surface area contributed by atoms with Gasteiger partial charge >= 0.3 is 17.9 Å². The Balaban J connectivity index is 4.71. The minimum Gasteiger partial charge on any atom is -0.462 e. The minimum atomic E-state index is -0.119. The second-order valence-corrected chi connectivity index (χ2v) is 15.5. The summed E-state index contributed by atoms with van der Waals surface area (Å²) in [6.07, 6.45) is 30.9. The molecule has 0 fully saturated rings. The van der Waals surface area contributed by atoms with Crippen molar-refractivity contribution in [3.63, 3.8) is 0 Å². The van der Waals surface area contributed by atoms with Gasteiger partial charge in [0.1, 0.15) is 18.3 Å². The van der Waals surface area contributed by atoms with Gasteiger partial charge in [0, 0.05) is 19.3 Å². The van der Waals surface area contributed by atoms with Crippen LogP contribution in [-0.2, 0) is 28.6 Å². The van der Waals surface area contributed by atoms with Gasteiger partial charge in [-0.1, -0.05) is 111 Å². The number of hydrogen-bond donors (Lipinski definition) is 0. The molecule has 2 atom stereocenters. The molecule has 0 aliphatic rings. The fraction of sp³-hybridized carbons (Fsp3) is 0.932. The lowest BCUT2D eigenvalue weighted by Gasteiger charge is -2.19. The number of esters is 3. The van der Waals surface area contributed by atoms with Crippen LogP contribution in [0.5, 0.6) is 0 Å². The van der Waals surface area contributed by atoms with E-state index < -0.39 is 0 Å². The molecule has 0 saturated heterocycles. The van der Waals surface area contributed by atoms with E-state index in [1.807, 2.05) is 14.1 Å². The monoisotopic (exact) mass is 724 g/mol. The molecule has 0 aromatic carbocycles. The molecule has 0 aromatic rings. The molecule has 0 bridgehead atoms. The second kappa shape index (κ2) is 36.7. The zero-order valence-electron chi connectivity index (χ0n) is 34.8. The third-order valence-corrected chi connectivity index (χ3v) is 9.96. The first kappa shape index (κ1) is 49.4. The van der Waals surface area contributed by atoms with E-state index in [0.29, 0.717) is 19.3 Å². The third-order valence-electron chi connectivity index (χ3n) is 9.96. The van der Waals surface area contributed by atoms with Gasteiger partial charge in [0.2, 0.25) is 0 Å². The molecule has 0 saturated carbocycles. The Morgan fingerprint density at radius 2 is 0.627 bits per heavy atom. The summed E-state index contributed by atoms with van der Waals surface area (Å²) in [6.45, 7) is 9.74. The molecule has 0 amide bonds. The molecule has 7 nitrogen and oxygen atoms in total. The Morgan fingerprint density at radius 3 is 0.922 bits per heavy atom. The lowest BCUT2D eigenvalue weighted by molar-refractivity contribution is -0.151. The zero-order valence-corrected chi connectivity index (χ0v) is 34.8. The van der Waals surface area contributed by atoms with Gasteiger partial charge in [-0.2, -0.15) is 0 Å². The van der Waals surface area contributed by atoms with E-state index in [0.717, 1.165) is 116 Å². The molecule has 0 aromatic heterocycles. The van der Waals surface area contributed by atoms with Gasteiger partial charge < -0.3 is 19.1 Å². The van der Waals surface area contributed by atoms with Crippen LogP contribution in [0.2, 0.25) is 0 Å². The number of hydrogen-bond acceptors (Lipinski definition) is 7. The highest BCUT2D eigenvalue weighted by Gasteiger charge is 2.18. The van der Waals surface area contributed by atoms with E-state index in [2.05, 4.69) is 32.6 Å². The Morgan fingerprint density at radius 1 is 0.373 bits per heavy atom. The van der Waals surface area contributed by atoms with Crippen LogP contribution < -0.4 is 0 Å². The molecule has 7 heteroatoms. The predicted molar refractivity (Wildman–Crippen MR) is 214 cm³/mol. The maximum atomic E-state index is 12.7. The first-order valence-electron chi connectivity index (χ1n) is 22.0. The summed E-state index contributed by atoms with van der Waals surface area (Å²) < 4.78 is 17.9. The molecular weight excluding hydrogens is 638 g/mol. The van der Waals surface area contributed by atoms with Crippen LogP contribution in [0.4, 0.5) is 0 Å². The largest absolute Gasteiger partial charge is 0.462 e. The van der Waals surface area contributed by atoms with Gasteiger partial charge in [-0.05, 0) is 117 Å². The SMILES string of the molecule is CCCCCCC(CCCCC)OC(=O)CCCCCC(CCCCCC(=O)OC(CCCCCC)CCCCCC)OC(=O)CCCN(C)C. The van der Waals surface area contributed by atoms with Crippen LogP contribution >= 0.6 is 0 Å². The van der Waals surface area contributed by atoms with Gasteiger partial charge in [0.15, 0.2) is 0 Å². The first-order valence-corrected chi connectivity index (χ1v) is 22.0. The molecule has 302 valence electrons. The molecule has 0 spiro atoms. The van der Waals surface area contributed by atoms with Crippen molar-refractivity contribution in [2.45, 2.75) is 245 Å². The van der Waals surface area contributed by atoms with Crippen LogP contribution in [-0.4, -0.2) is 61.8 Å². The third kappa shape index (κ3) is 33.9. The van der Waals surface area contributed by atoms with Gasteiger partial charge in [-0.15, -0.1) is 0 Å². The van der Waals surface area contributed by atoms with Crippen LogP contribution in [0.1, 0.15) is 227 Å². The van der Waals surface area contributed by atoms with Crippen LogP contribution in [0.25, 0.3) is 0 Å². The molecule has 0 heterocycles. The molecular formula is C44H85NO6. The Hall–Kier alpha value is -1.63. The van der Waals surface area contributed by atoms with Crippen molar-refractivity contribution in [1.29, 1.82) is 0 Å². The van der Waals surface area contributed by atoms with E-state index in [1.54, 1.807) is 0 Å². The van der Waals surface area contributed by atoms with Gasteiger partial charge in [-0.3, -0.25) is 14.4 Å². The van der Waals surface area contributed by atoms with Crippen LogP contribution in [0.15, 0.2) is 0 Å². The fourth-order valence-electron chi connectivity index (χ4n) is 6.72. The second-order valence-electron chi connectivity index (χ2n) is 15.5. The van der Waals surface area contributed by atoms with Crippen molar-refractivity contribution in [3.8, 4) is 0 Å². The molecule has 51 heavy (non-hydrogen) atoms. The predicted octanol–water partition coefficient (Wildman–Crippen LogP) is 12.5. The number of carbonyl (C=O) groups excluding carboxylic acids is 3. The standard InChI is InChI=1S/C44H85NO6/c1-7-11-15-21-30-39(29-20-14-10-4)49-42(46)35-26-18-24-33-41(51-44(48)37-28-38-45(5)6)34-25-19-27-36-43(47)50-40(31-22-16-12-8-2)32-23-17-13-9-3/h39-41H,7-38H2,1-6H3. The van der Waals surface area contributed by atoms with E-state index in [1.165, 1.54) is 70.6 Å². The smallest absolute Gasteiger partial charge is 0.306 e. The summed E-state index contributed by atoms with van der Waals surface area (Å²) in [6, 6.07) is 0. The number of ether oxygens (including phenoxy) is 3. The highest BCUT2D eigenvalue weighted by Crippen LogP contribution is 2.20. The Kier molecular flexibility index (Phi) is 35.5. The molecule has 0 aliphatic heterocycles. The average Bonchev–Trinajstić information content (AvgIpc) is 3.09. The topological polar surface area (TPSA) is 82.1 Å². The summed E-state index contributed by atoms with van der Waals surface area (Å²) in [4.78, 5) is 40.2. The zero-order chi connectivity index (χ0) is 37.8. The number of carbonyl (C=O) groups is 3. The quantitative estimate of drug-likeness (QED) is 0.0356. The minimum absolute atomic E-state index is 0.0582. The lowest BCUT2D eigenvalue weighted by Crippen LogP contribution is -2.20. The highest BCUT2D eigenvalue weighted by molar-refractivity contribution is 5.70. The van der Waals surface area contributed by atoms with E-state index in [9.17, 15) is 14.4 Å². The van der Waals surface area contributed by atoms with Crippen molar-refractivity contribution in [3.05, 3.63) is 0 Å². The van der Waals surface area contributed by atoms with E-state index in [4.69, 9.17) is 14.2 Å². The lowest BCUT2D eigenvalue weighted by atomic mass is 10.0. The molecule has 0 aliphatic carbocycles. The van der Waals surface area contributed by atoms with Crippen LogP contribution in [0, 0.1) is 0 Å². The van der Waals surface area contributed by atoms with Crippen molar-refractivity contribution < 1.29 is 28.6 Å². The number of rotatable bonds is 38. The first-order chi connectivity index (χ1) is 24.7. The summed E-state index contributed by atoms with van der Waals surface area (Å²) in [5, 5.41) is 0. The summed E-state index contributed by atoms with van der Waals surface area (Å²) >= 11 is 0. The molecule has 0 N–H and O–H groups in total. The van der Waals surface area contributed by atoms with Crippen molar-refractivity contribution in [2.24, 2.45) is 0 Å². The Bertz CT molecular complexity index is 790.